The Morgan fingerprint density at radius 3 is 2.32 bits per heavy atom. The van der Waals surface area contributed by atoms with Crippen molar-refractivity contribution >= 4 is 17.8 Å². The molecule has 1 rings (SSSR count). The van der Waals surface area contributed by atoms with Crippen molar-refractivity contribution in [3.05, 3.63) is 0 Å². The second kappa shape index (κ2) is 12.6. The monoisotopic (exact) mass is 396 g/mol. The Balaban J connectivity index is 2.68. The summed E-state index contributed by atoms with van der Waals surface area (Å²) in [4.78, 5) is 41.3. The number of nitrogens with zero attached hydrogens (tertiary/aromatic N) is 2. The second-order valence-electron chi connectivity index (χ2n) is 7.95. The minimum Gasteiger partial charge on any atom is -0.344 e. The van der Waals surface area contributed by atoms with E-state index in [0.29, 0.717) is 32.6 Å². The average Bonchev–Trinajstić information content (AvgIpc) is 2.69. The van der Waals surface area contributed by atoms with Gasteiger partial charge in [-0.2, -0.15) is 0 Å². The summed E-state index contributed by atoms with van der Waals surface area (Å²) in [6.07, 6.45) is 5.07. The summed E-state index contributed by atoms with van der Waals surface area (Å²) in [6.45, 7) is 12.3. The van der Waals surface area contributed by atoms with E-state index in [1.807, 2.05) is 27.7 Å². The van der Waals surface area contributed by atoms with Crippen molar-refractivity contribution in [1.82, 2.24) is 20.4 Å². The van der Waals surface area contributed by atoms with Crippen LogP contribution in [-0.2, 0) is 9.59 Å². The molecule has 7 heteroatoms. The van der Waals surface area contributed by atoms with Crippen LogP contribution < -0.4 is 10.6 Å². The standard InChI is InChI=1S/C21H40N4O3/c1-6-9-11-18(26)23-19(16(4)8-3)20(27)24-13-14-25(17(5)15-24)21(28)22-12-10-7-2/h16-17,19H,6-15H2,1-5H3,(H,22,28)(H,23,26). The molecule has 2 N–H and O–H groups in total. The molecule has 0 spiro atoms. The predicted molar refractivity (Wildman–Crippen MR) is 112 cm³/mol. The first-order valence-electron chi connectivity index (χ1n) is 11.0. The van der Waals surface area contributed by atoms with E-state index in [-0.39, 0.29) is 29.8 Å². The quantitative estimate of drug-likeness (QED) is 0.557. The lowest BCUT2D eigenvalue weighted by Gasteiger charge is -2.41. The van der Waals surface area contributed by atoms with E-state index in [1.165, 1.54) is 0 Å². The van der Waals surface area contributed by atoms with Gasteiger partial charge in [0.15, 0.2) is 0 Å². The maximum absolute atomic E-state index is 13.1. The molecule has 3 unspecified atom stereocenters. The van der Waals surface area contributed by atoms with Crippen molar-refractivity contribution < 1.29 is 14.4 Å². The van der Waals surface area contributed by atoms with Gasteiger partial charge in [0.1, 0.15) is 6.04 Å². The molecule has 0 radical (unpaired) electrons. The van der Waals surface area contributed by atoms with E-state index in [1.54, 1.807) is 9.80 Å². The van der Waals surface area contributed by atoms with Crippen molar-refractivity contribution in [1.29, 1.82) is 0 Å². The van der Waals surface area contributed by atoms with Gasteiger partial charge in [-0.15, -0.1) is 0 Å². The van der Waals surface area contributed by atoms with Crippen molar-refractivity contribution in [2.45, 2.75) is 85.2 Å². The van der Waals surface area contributed by atoms with Gasteiger partial charge in [0.05, 0.1) is 0 Å². The van der Waals surface area contributed by atoms with Gasteiger partial charge < -0.3 is 20.4 Å². The number of hydrogen-bond donors (Lipinski definition) is 2. The highest BCUT2D eigenvalue weighted by Crippen LogP contribution is 2.16. The summed E-state index contributed by atoms with van der Waals surface area (Å²) < 4.78 is 0. The van der Waals surface area contributed by atoms with Gasteiger partial charge in [-0.3, -0.25) is 9.59 Å². The van der Waals surface area contributed by atoms with Gasteiger partial charge >= 0.3 is 6.03 Å². The molecule has 0 aromatic heterocycles. The van der Waals surface area contributed by atoms with Crippen LogP contribution in [0, 0.1) is 5.92 Å². The fraction of sp³-hybridized carbons (Fsp3) is 0.857. The number of amides is 4. The molecule has 0 saturated carbocycles. The lowest BCUT2D eigenvalue weighted by atomic mass is 9.96. The highest BCUT2D eigenvalue weighted by Gasteiger charge is 2.35. The van der Waals surface area contributed by atoms with Crippen LogP contribution >= 0.6 is 0 Å². The van der Waals surface area contributed by atoms with Crippen molar-refractivity contribution in [3.63, 3.8) is 0 Å². The van der Waals surface area contributed by atoms with E-state index in [0.717, 1.165) is 32.1 Å². The molecule has 28 heavy (non-hydrogen) atoms. The second-order valence-corrected chi connectivity index (χ2v) is 7.95. The fourth-order valence-corrected chi connectivity index (χ4v) is 3.40. The van der Waals surface area contributed by atoms with Gasteiger partial charge in [0.25, 0.3) is 0 Å². The van der Waals surface area contributed by atoms with Gasteiger partial charge in [0, 0.05) is 38.6 Å². The molecule has 4 amide bonds. The molecule has 0 bridgehead atoms. The molecule has 162 valence electrons. The highest BCUT2D eigenvalue weighted by atomic mass is 16.2. The predicted octanol–water partition coefficient (Wildman–Crippen LogP) is 2.75. The SMILES string of the molecule is CCCCNC(=O)N1CCN(C(=O)C(NC(=O)CCCC)C(C)CC)CC1C. The molecule has 7 nitrogen and oxygen atoms in total. The molecule has 1 fully saturated rings. The molecule has 3 atom stereocenters. The lowest BCUT2D eigenvalue weighted by Crippen LogP contribution is -2.61. The van der Waals surface area contributed by atoms with E-state index >= 15 is 0 Å². The molecule has 1 saturated heterocycles. The molecular weight excluding hydrogens is 356 g/mol. The Labute approximate surface area is 170 Å². The largest absolute Gasteiger partial charge is 0.344 e. The van der Waals surface area contributed by atoms with E-state index in [2.05, 4.69) is 17.6 Å². The third-order valence-electron chi connectivity index (χ3n) is 5.56. The van der Waals surface area contributed by atoms with Crippen LogP contribution in [0.3, 0.4) is 0 Å². The zero-order chi connectivity index (χ0) is 21.1. The first-order chi connectivity index (χ1) is 13.3. The number of hydrogen-bond acceptors (Lipinski definition) is 3. The summed E-state index contributed by atoms with van der Waals surface area (Å²) in [5.41, 5.74) is 0. The molecule has 0 aromatic rings. The zero-order valence-electron chi connectivity index (χ0n) is 18.4. The summed E-state index contributed by atoms with van der Waals surface area (Å²) in [5, 5.41) is 5.91. The first-order valence-corrected chi connectivity index (χ1v) is 11.0. The van der Waals surface area contributed by atoms with E-state index in [9.17, 15) is 14.4 Å². The Morgan fingerprint density at radius 2 is 1.75 bits per heavy atom. The number of carbonyl (C=O) groups excluding carboxylic acids is 3. The third-order valence-corrected chi connectivity index (χ3v) is 5.56. The van der Waals surface area contributed by atoms with Crippen LogP contribution in [-0.4, -0.2) is 65.9 Å². The summed E-state index contributed by atoms with van der Waals surface area (Å²) in [7, 11) is 0. The maximum atomic E-state index is 13.1. The van der Waals surface area contributed by atoms with Crippen molar-refractivity contribution in [2.75, 3.05) is 26.2 Å². The minimum atomic E-state index is -0.494. The maximum Gasteiger partial charge on any atom is 0.317 e. The Bertz CT molecular complexity index is 512. The van der Waals surface area contributed by atoms with Crippen LogP contribution in [0.4, 0.5) is 4.79 Å². The Hall–Kier alpha value is -1.79. The molecule has 1 aliphatic heterocycles. The summed E-state index contributed by atoms with van der Waals surface area (Å²) >= 11 is 0. The molecule has 0 aromatic carbocycles. The summed E-state index contributed by atoms with van der Waals surface area (Å²) in [5.74, 6) is -0.0108. The number of carbonyl (C=O) groups is 3. The average molecular weight is 397 g/mol. The van der Waals surface area contributed by atoms with Crippen LogP contribution in [0.1, 0.15) is 73.1 Å². The van der Waals surface area contributed by atoms with Crippen LogP contribution in [0.25, 0.3) is 0 Å². The normalized spacial score (nSPS) is 19.1. The minimum absolute atomic E-state index is 0.0305. The number of nitrogens with one attached hydrogen (secondary N) is 2. The summed E-state index contributed by atoms with van der Waals surface area (Å²) in [6, 6.07) is -0.599. The van der Waals surface area contributed by atoms with Crippen LogP contribution in [0.15, 0.2) is 0 Å². The number of urea groups is 1. The van der Waals surface area contributed by atoms with Gasteiger partial charge in [-0.25, -0.2) is 4.79 Å². The lowest BCUT2D eigenvalue weighted by molar-refractivity contribution is -0.140. The first kappa shape index (κ1) is 24.2. The molecule has 0 aliphatic carbocycles. The zero-order valence-corrected chi connectivity index (χ0v) is 18.4. The van der Waals surface area contributed by atoms with Gasteiger partial charge in [-0.05, 0) is 25.7 Å². The van der Waals surface area contributed by atoms with Crippen LogP contribution in [0.2, 0.25) is 0 Å². The number of piperazine rings is 1. The highest BCUT2D eigenvalue weighted by molar-refractivity contribution is 5.88. The Kier molecular flexibility index (Phi) is 10.9. The smallest absolute Gasteiger partial charge is 0.317 e. The molecule has 1 heterocycles. The van der Waals surface area contributed by atoms with Gasteiger partial charge in [0.2, 0.25) is 11.8 Å². The van der Waals surface area contributed by atoms with Gasteiger partial charge in [-0.1, -0.05) is 47.0 Å². The fourth-order valence-electron chi connectivity index (χ4n) is 3.40. The van der Waals surface area contributed by atoms with Crippen molar-refractivity contribution in [2.24, 2.45) is 5.92 Å². The van der Waals surface area contributed by atoms with Crippen molar-refractivity contribution in [3.8, 4) is 0 Å². The topological polar surface area (TPSA) is 81.8 Å². The molecule has 1 aliphatic rings. The number of rotatable bonds is 10. The van der Waals surface area contributed by atoms with Crippen LogP contribution in [0.5, 0.6) is 0 Å². The molecular formula is C21H40N4O3. The third kappa shape index (κ3) is 7.32. The van der Waals surface area contributed by atoms with E-state index in [4.69, 9.17) is 0 Å². The Morgan fingerprint density at radius 1 is 1.07 bits per heavy atom. The van der Waals surface area contributed by atoms with E-state index < -0.39 is 6.04 Å². The number of unbranched alkanes of at least 4 members (excludes halogenated alkanes) is 2.